The van der Waals surface area contributed by atoms with Crippen LogP contribution in [-0.2, 0) is 4.74 Å². The van der Waals surface area contributed by atoms with Crippen molar-refractivity contribution in [1.29, 1.82) is 0 Å². The van der Waals surface area contributed by atoms with E-state index in [9.17, 15) is 9.90 Å². The van der Waals surface area contributed by atoms with Crippen molar-refractivity contribution in [3.63, 3.8) is 0 Å². The fraction of sp³-hybridized carbons (Fsp3) is 0.364. The summed E-state index contributed by atoms with van der Waals surface area (Å²) in [4.78, 5) is 11.2. The van der Waals surface area contributed by atoms with Gasteiger partial charge in [0.05, 0.1) is 18.8 Å². The molecule has 4 N–H and O–H groups in total. The summed E-state index contributed by atoms with van der Waals surface area (Å²) in [5, 5.41) is 12.2. The highest BCUT2D eigenvalue weighted by molar-refractivity contribution is 5.90. The monoisotopic (exact) mass is 224 g/mol. The minimum Gasteiger partial charge on any atom is -0.465 e. The van der Waals surface area contributed by atoms with E-state index in [1.807, 2.05) is 0 Å². The summed E-state index contributed by atoms with van der Waals surface area (Å²) in [6.07, 6.45) is -0.596. The third-order valence-corrected chi connectivity index (χ3v) is 2.10. The number of rotatable bonds is 5. The predicted molar refractivity (Wildman–Crippen MR) is 61.3 cm³/mol. The summed E-state index contributed by atoms with van der Waals surface area (Å²) in [6, 6.07) is 6.87. The number of ether oxygens (including phenoxy) is 1. The zero-order valence-corrected chi connectivity index (χ0v) is 9.14. The van der Waals surface area contributed by atoms with Crippen molar-refractivity contribution in [2.45, 2.75) is 6.10 Å². The van der Waals surface area contributed by atoms with Gasteiger partial charge in [-0.05, 0) is 18.2 Å². The van der Waals surface area contributed by atoms with Crippen LogP contribution < -0.4 is 11.1 Å². The Hall–Kier alpha value is -1.59. The Morgan fingerprint density at radius 1 is 1.62 bits per heavy atom. The van der Waals surface area contributed by atoms with E-state index >= 15 is 0 Å². The Kier molecular flexibility index (Phi) is 4.75. The van der Waals surface area contributed by atoms with E-state index in [0.717, 1.165) is 5.69 Å². The molecule has 0 spiro atoms. The molecule has 0 radical (unpaired) electrons. The fourth-order valence-corrected chi connectivity index (χ4v) is 1.19. The normalized spacial score (nSPS) is 11.9. The van der Waals surface area contributed by atoms with Gasteiger partial charge in [-0.2, -0.15) is 0 Å². The van der Waals surface area contributed by atoms with Gasteiger partial charge in [0.25, 0.3) is 0 Å². The SMILES string of the molecule is COC(=O)c1cccc(NCC(O)CN)c1. The zero-order valence-electron chi connectivity index (χ0n) is 9.14. The van der Waals surface area contributed by atoms with Crippen molar-refractivity contribution in [3.8, 4) is 0 Å². The first-order valence-corrected chi connectivity index (χ1v) is 4.97. The average molecular weight is 224 g/mol. The van der Waals surface area contributed by atoms with Crippen molar-refractivity contribution < 1.29 is 14.6 Å². The van der Waals surface area contributed by atoms with Gasteiger partial charge in [0.15, 0.2) is 0 Å². The molecule has 0 aliphatic carbocycles. The third kappa shape index (κ3) is 3.52. The molecule has 0 aliphatic heterocycles. The van der Waals surface area contributed by atoms with E-state index in [0.29, 0.717) is 12.1 Å². The number of nitrogens with two attached hydrogens (primary N) is 1. The maximum atomic E-state index is 11.2. The Morgan fingerprint density at radius 3 is 3.00 bits per heavy atom. The molecular weight excluding hydrogens is 208 g/mol. The van der Waals surface area contributed by atoms with E-state index in [1.165, 1.54) is 7.11 Å². The molecule has 0 saturated carbocycles. The van der Waals surface area contributed by atoms with Gasteiger partial charge in [-0.25, -0.2) is 4.79 Å². The van der Waals surface area contributed by atoms with Gasteiger partial charge in [0, 0.05) is 18.8 Å². The van der Waals surface area contributed by atoms with Gasteiger partial charge in [-0.3, -0.25) is 0 Å². The van der Waals surface area contributed by atoms with E-state index in [2.05, 4.69) is 10.1 Å². The van der Waals surface area contributed by atoms with Crippen LogP contribution in [0.3, 0.4) is 0 Å². The van der Waals surface area contributed by atoms with E-state index in [1.54, 1.807) is 24.3 Å². The number of anilines is 1. The van der Waals surface area contributed by atoms with Crippen LogP contribution in [0, 0.1) is 0 Å². The van der Waals surface area contributed by atoms with E-state index in [4.69, 9.17) is 5.73 Å². The van der Waals surface area contributed by atoms with Crippen LogP contribution in [0.25, 0.3) is 0 Å². The molecule has 1 rings (SSSR count). The Morgan fingerprint density at radius 2 is 2.38 bits per heavy atom. The predicted octanol–water partition coefficient (Wildman–Crippen LogP) is 0.205. The standard InChI is InChI=1S/C11H16N2O3/c1-16-11(15)8-3-2-4-9(5-8)13-7-10(14)6-12/h2-5,10,13-14H,6-7,12H2,1H3. The number of methoxy groups -OCH3 is 1. The summed E-state index contributed by atoms with van der Waals surface area (Å²) >= 11 is 0. The molecule has 0 heterocycles. The van der Waals surface area contributed by atoms with Crippen LogP contribution >= 0.6 is 0 Å². The minimum absolute atomic E-state index is 0.198. The number of carbonyl (C=O) groups excluding carboxylic acids is 1. The van der Waals surface area contributed by atoms with Crippen LogP contribution in [0.4, 0.5) is 5.69 Å². The Balaban J connectivity index is 2.64. The molecule has 1 aromatic rings. The lowest BCUT2D eigenvalue weighted by Gasteiger charge is -2.11. The zero-order chi connectivity index (χ0) is 12.0. The number of nitrogens with one attached hydrogen (secondary N) is 1. The molecule has 0 aromatic heterocycles. The molecule has 5 heteroatoms. The van der Waals surface area contributed by atoms with Crippen molar-refractivity contribution in [1.82, 2.24) is 0 Å². The summed E-state index contributed by atoms with van der Waals surface area (Å²) in [5.74, 6) is -0.386. The summed E-state index contributed by atoms with van der Waals surface area (Å²) in [6.45, 7) is 0.546. The number of hydrogen-bond donors (Lipinski definition) is 3. The second-order valence-electron chi connectivity index (χ2n) is 3.34. The van der Waals surface area contributed by atoms with Crippen molar-refractivity contribution >= 4 is 11.7 Å². The Labute approximate surface area is 94.2 Å². The van der Waals surface area contributed by atoms with Crippen LogP contribution in [0.15, 0.2) is 24.3 Å². The second-order valence-corrected chi connectivity index (χ2v) is 3.34. The topological polar surface area (TPSA) is 84.6 Å². The number of benzene rings is 1. The number of aliphatic hydroxyl groups is 1. The van der Waals surface area contributed by atoms with Gasteiger partial charge in [-0.15, -0.1) is 0 Å². The number of carbonyl (C=O) groups is 1. The molecule has 0 fully saturated rings. The maximum absolute atomic E-state index is 11.2. The molecule has 16 heavy (non-hydrogen) atoms. The number of hydrogen-bond acceptors (Lipinski definition) is 5. The quantitative estimate of drug-likeness (QED) is 0.622. The molecule has 0 bridgehead atoms. The largest absolute Gasteiger partial charge is 0.465 e. The highest BCUT2D eigenvalue weighted by Gasteiger charge is 2.06. The average Bonchev–Trinajstić information content (AvgIpc) is 2.35. The van der Waals surface area contributed by atoms with Gasteiger partial charge in [-0.1, -0.05) is 6.07 Å². The van der Waals surface area contributed by atoms with E-state index in [-0.39, 0.29) is 12.5 Å². The minimum atomic E-state index is -0.596. The molecule has 1 unspecified atom stereocenters. The molecular formula is C11H16N2O3. The maximum Gasteiger partial charge on any atom is 0.337 e. The Bertz CT molecular complexity index is 355. The molecule has 0 amide bonds. The molecule has 1 aromatic carbocycles. The summed E-state index contributed by atoms with van der Waals surface area (Å²) in [5.41, 5.74) is 6.48. The molecule has 0 saturated heterocycles. The lowest BCUT2D eigenvalue weighted by atomic mass is 10.2. The van der Waals surface area contributed by atoms with Gasteiger partial charge >= 0.3 is 5.97 Å². The number of aliphatic hydroxyl groups excluding tert-OH is 1. The van der Waals surface area contributed by atoms with Gasteiger partial charge in [0.1, 0.15) is 0 Å². The smallest absolute Gasteiger partial charge is 0.337 e. The fourth-order valence-electron chi connectivity index (χ4n) is 1.19. The third-order valence-electron chi connectivity index (χ3n) is 2.10. The first kappa shape index (κ1) is 12.5. The summed E-state index contributed by atoms with van der Waals surface area (Å²) < 4.78 is 4.60. The van der Waals surface area contributed by atoms with Crippen molar-refractivity contribution in [2.75, 3.05) is 25.5 Å². The van der Waals surface area contributed by atoms with Crippen molar-refractivity contribution in [3.05, 3.63) is 29.8 Å². The van der Waals surface area contributed by atoms with Gasteiger partial charge < -0.3 is 20.9 Å². The first-order valence-electron chi connectivity index (χ1n) is 4.97. The van der Waals surface area contributed by atoms with Crippen molar-refractivity contribution in [2.24, 2.45) is 5.73 Å². The lowest BCUT2D eigenvalue weighted by Crippen LogP contribution is -2.27. The van der Waals surface area contributed by atoms with E-state index < -0.39 is 6.10 Å². The molecule has 1 atom stereocenters. The molecule has 5 nitrogen and oxygen atoms in total. The first-order chi connectivity index (χ1) is 7.67. The van der Waals surface area contributed by atoms with Crippen LogP contribution in [0.1, 0.15) is 10.4 Å². The van der Waals surface area contributed by atoms with Crippen LogP contribution in [0.5, 0.6) is 0 Å². The highest BCUT2D eigenvalue weighted by atomic mass is 16.5. The number of esters is 1. The highest BCUT2D eigenvalue weighted by Crippen LogP contribution is 2.11. The summed E-state index contributed by atoms with van der Waals surface area (Å²) in [7, 11) is 1.33. The second kappa shape index (κ2) is 6.09. The molecule has 0 aliphatic rings. The van der Waals surface area contributed by atoms with Crippen LogP contribution in [-0.4, -0.2) is 37.4 Å². The van der Waals surface area contributed by atoms with Crippen LogP contribution in [0.2, 0.25) is 0 Å². The lowest BCUT2D eigenvalue weighted by molar-refractivity contribution is 0.0601. The molecule has 88 valence electrons. The van der Waals surface area contributed by atoms with Gasteiger partial charge in [0.2, 0.25) is 0 Å².